The van der Waals surface area contributed by atoms with Crippen LogP contribution >= 0.6 is 11.8 Å². The van der Waals surface area contributed by atoms with Crippen LogP contribution in [0.5, 0.6) is 0 Å². The average Bonchev–Trinajstić information content (AvgIpc) is 2.74. The van der Waals surface area contributed by atoms with Gasteiger partial charge in [-0.05, 0) is 24.3 Å². The molecule has 1 heterocycles. The molecule has 0 aliphatic rings. The molecular formula is C12H12FN3OS. The Hall–Kier alpha value is -1.69. The van der Waals surface area contributed by atoms with Crippen molar-refractivity contribution in [2.45, 2.75) is 11.3 Å². The second-order valence-electron chi connectivity index (χ2n) is 3.76. The van der Waals surface area contributed by atoms with Gasteiger partial charge in [-0.2, -0.15) is 5.10 Å². The molecule has 1 aromatic carbocycles. The van der Waals surface area contributed by atoms with Gasteiger partial charge in [0.1, 0.15) is 18.0 Å². The van der Waals surface area contributed by atoms with E-state index in [-0.39, 0.29) is 18.0 Å². The maximum Gasteiger partial charge on any atom is 0.150 e. The van der Waals surface area contributed by atoms with E-state index < -0.39 is 0 Å². The molecule has 6 heteroatoms. The number of carbonyl (C=O) groups is 1. The summed E-state index contributed by atoms with van der Waals surface area (Å²) in [5.74, 6) is 0.795. The van der Waals surface area contributed by atoms with E-state index in [4.69, 9.17) is 0 Å². The summed E-state index contributed by atoms with van der Waals surface area (Å²) in [6, 6.07) is 6.09. The van der Waals surface area contributed by atoms with E-state index in [2.05, 4.69) is 10.1 Å². The molecule has 0 amide bonds. The smallest absolute Gasteiger partial charge is 0.150 e. The van der Waals surface area contributed by atoms with Crippen LogP contribution in [0.4, 0.5) is 4.39 Å². The van der Waals surface area contributed by atoms with Crippen molar-refractivity contribution in [3.8, 4) is 0 Å². The van der Waals surface area contributed by atoms with E-state index in [9.17, 15) is 9.18 Å². The van der Waals surface area contributed by atoms with E-state index >= 15 is 0 Å². The van der Waals surface area contributed by atoms with Crippen LogP contribution in [-0.2, 0) is 18.3 Å². The molecule has 1 aromatic heterocycles. The summed E-state index contributed by atoms with van der Waals surface area (Å²) >= 11 is 1.39. The SMILES string of the molecule is Cn1ncnc1CC(=O)CSc1ccc(F)cc1. The summed E-state index contributed by atoms with van der Waals surface area (Å²) < 4.78 is 14.3. The molecule has 0 bridgehead atoms. The summed E-state index contributed by atoms with van der Waals surface area (Å²) in [5, 5.41) is 3.90. The molecular weight excluding hydrogens is 253 g/mol. The Kier molecular flexibility index (Phi) is 4.09. The number of hydrogen-bond acceptors (Lipinski definition) is 4. The zero-order valence-electron chi connectivity index (χ0n) is 9.84. The number of aromatic nitrogens is 3. The van der Waals surface area contributed by atoms with Crippen molar-refractivity contribution in [2.75, 3.05) is 5.75 Å². The van der Waals surface area contributed by atoms with Crippen LogP contribution in [0.15, 0.2) is 35.5 Å². The molecule has 4 nitrogen and oxygen atoms in total. The van der Waals surface area contributed by atoms with E-state index in [1.807, 2.05) is 0 Å². The second-order valence-corrected chi connectivity index (χ2v) is 4.81. The monoisotopic (exact) mass is 265 g/mol. The van der Waals surface area contributed by atoms with Gasteiger partial charge in [-0.25, -0.2) is 9.37 Å². The highest BCUT2D eigenvalue weighted by Gasteiger charge is 2.08. The Morgan fingerprint density at radius 3 is 2.72 bits per heavy atom. The predicted octanol–water partition coefficient (Wildman–Crippen LogP) is 1.86. The molecule has 2 aromatic rings. The van der Waals surface area contributed by atoms with Gasteiger partial charge in [-0.15, -0.1) is 11.8 Å². The van der Waals surface area contributed by atoms with E-state index in [0.717, 1.165) is 4.90 Å². The second kappa shape index (κ2) is 5.77. The van der Waals surface area contributed by atoms with Crippen LogP contribution < -0.4 is 0 Å². The Morgan fingerprint density at radius 2 is 2.11 bits per heavy atom. The van der Waals surface area contributed by atoms with Gasteiger partial charge in [0.2, 0.25) is 0 Å². The maximum atomic E-state index is 12.7. The Balaban J connectivity index is 1.85. The molecule has 0 fully saturated rings. The minimum Gasteiger partial charge on any atom is -0.298 e. The third-order valence-electron chi connectivity index (χ3n) is 2.37. The summed E-state index contributed by atoms with van der Waals surface area (Å²) in [6.45, 7) is 0. The molecule has 0 spiro atoms. The van der Waals surface area contributed by atoms with Crippen LogP contribution in [-0.4, -0.2) is 26.3 Å². The predicted molar refractivity (Wildman–Crippen MR) is 66.8 cm³/mol. The lowest BCUT2D eigenvalue weighted by Crippen LogP contribution is -2.10. The fraction of sp³-hybridized carbons (Fsp3) is 0.250. The van der Waals surface area contributed by atoms with Gasteiger partial charge < -0.3 is 0 Å². The first-order valence-electron chi connectivity index (χ1n) is 5.38. The quantitative estimate of drug-likeness (QED) is 0.774. The molecule has 0 aliphatic carbocycles. The number of halogens is 1. The van der Waals surface area contributed by atoms with Crippen molar-refractivity contribution in [3.05, 3.63) is 42.2 Å². The number of thioether (sulfide) groups is 1. The highest BCUT2D eigenvalue weighted by atomic mass is 32.2. The van der Waals surface area contributed by atoms with E-state index in [0.29, 0.717) is 11.6 Å². The molecule has 2 rings (SSSR count). The maximum absolute atomic E-state index is 12.7. The van der Waals surface area contributed by atoms with Crippen molar-refractivity contribution in [1.29, 1.82) is 0 Å². The largest absolute Gasteiger partial charge is 0.298 e. The first-order chi connectivity index (χ1) is 8.65. The zero-order chi connectivity index (χ0) is 13.0. The fourth-order valence-corrected chi connectivity index (χ4v) is 2.16. The molecule has 0 atom stereocenters. The van der Waals surface area contributed by atoms with Crippen molar-refractivity contribution in [3.63, 3.8) is 0 Å². The number of Topliss-reactive ketones (excluding diaryl/α,β-unsaturated/α-hetero) is 1. The molecule has 0 aliphatic heterocycles. The van der Waals surface area contributed by atoms with Crippen molar-refractivity contribution in [2.24, 2.45) is 7.05 Å². The number of hydrogen-bond donors (Lipinski definition) is 0. The van der Waals surface area contributed by atoms with Crippen molar-refractivity contribution < 1.29 is 9.18 Å². The van der Waals surface area contributed by atoms with E-state index in [1.165, 1.54) is 30.2 Å². The molecule has 0 saturated carbocycles. The highest BCUT2D eigenvalue weighted by Crippen LogP contribution is 2.18. The number of ketones is 1. The van der Waals surface area contributed by atoms with Gasteiger partial charge in [-0.3, -0.25) is 9.48 Å². The first-order valence-corrected chi connectivity index (χ1v) is 6.36. The third kappa shape index (κ3) is 3.40. The molecule has 0 radical (unpaired) electrons. The summed E-state index contributed by atoms with van der Waals surface area (Å²) in [7, 11) is 1.75. The number of carbonyl (C=O) groups excluding carboxylic acids is 1. The Labute approximate surface area is 108 Å². The normalized spacial score (nSPS) is 10.6. The number of rotatable bonds is 5. The standard InChI is InChI=1S/C12H12FN3OS/c1-16-12(14-8-15-16)6-10(17)7-18-11-4-2-9(13)3-5-11/h2-5,8H,6-7H2,1H3. The molecule has 94 valence electrons. The molecule has 0 N–H and O–H groups in total. The van der Waals surface area contributed by atoms with E-state index in [1.54, 1.807) is 23.9 Å². The van der Waals surface area contributed by atoms with Crippen LogP contribution in [0, 0.1) is 5.82 Å². The average molecular weight is 265 g/mol. The van der Waals surface area contributed by atoms with Gasteiger partial charge in [0.25, 0.3) is 0 Å². The molecule has 18 heavy (non-hydrogen) atoms. The van der Waals surface area contributed by atoms with Crippen molar-refractivity contribution in [1.82, 2.24) is 14.8 Å². The Morgan fingerprint density at radius 1 is 1.39 bits per heavy atom. The minimum atomic E-state index is -0.273. The molecule has 0 saturated heterocycles. The highest BCUT2D eigenvalue weighted by molar-refractivity contribution is 8.00. The number of nitrogens with zero attached hydrogens (tertiary/aromatic N) is 3. The summed E-state index contributed by atoms with van der Waals surface area (Å²) in [4.78, 5) is 16.6. The topological polar surface area (TPSA) is 47.8 Å². The summed E-state index contributed by atoms with van der Waals surface area (Å²) in [6.07, 6.45) is 1.69. The summed E-state index contributed by atoms with van der Waals surface area (Å²) in [5.41, 5.74) is 0. The van der Waals surface area contributed by atoms with Gasteiger partial charge in [0.05, 0.1) is 12.2 Å². The van der Waals surface area contributed by atoms with Crippen LogP contribution in [0.25, 0.3) is 0 Å². The lowest BCUT2D eigenvalue weighted by molar-refractivity contribution is -0.116. The Bertz CT molecular complexity index is 539. The van der Waals surface area contributed by atoms with Crippen LogP contribution in [0.3, 0.4) is 0 Å². The number of benzene rings is 1. The lowest BCUT2D eigenvalue weighted by Gasteiger charge is -2.01. The molecule has 0 unspecified atom stereocenters. The first kappa shape index (κ1) is 12.8. The van der Waals surface area contributed by atoms with Gasteiger partial charge in [0.15, 0.2) is 5.78 Å². The minimum absolute atomic E-state index is 0.0698. The van der Waals surface area contributed by atoms with Gasteiger partial charge >= 0.3 is 0 Å². The zero-order valence-corrected chi connectivity index (χ0v) is 10.7. The van der Waals surface area contributed by atoms with Gasteiger partial charge in [0, 0.05) is 11.9 Å². The van der Waals surface area contributed by atoms with Crippen LogP contribution in [0.2, 0.25) is 0 Å². The van der Waals surface area contributed by atoms with Crippen molar-refractivity contribution >= 4 is 17.5 Å². The van der Waals surface area contributed by atoms with Gasteiger partial charge in [-0.1, -0.05) is 0 Å². The van der Waals surface area contributed by atoms with Crippen LogP contribution in [0.1, 0.15) is 5.82 Å². The fourth-order valence-electron chi connectivity index (χ4n) is 1.40. The third-order valence-corrected chi connectivity index (χ3v) is 3.45. The lowest BCUT2D eigenvalue weighted by atomic mass is 10.3. The number of aryl methyl sites for hydroxylation is 1.